The summed E-state index contributed by atoms with van der Waals surface area (Å²) in [6.45, 7) is 0.397. The van der Waals surface area contributed by atoms with E-state index in [1.807, 2.05) is 0 Å². The summed E-state index contributed by atoms with van der Waals surface area (Å²) in [4.78, 5) is 26.7. The van der Waals surface area contributed by atoms with Gasteiger partial charge in [-0.1, -0.05) is 15.9 Å². The quantitative estimate of drug-likeness (QED) is 0.757. The van der Waals surface area contributed by atoms with Crippen molar-refractivity contribution in [1.82, 2.24) is 10.3 Å². The van der Waals surface area contributed by atoms with Crippen molar-refractivity contribution < 1.29 is 14.7 Å². The van der Waals surface area contributed by atoms with E-state index in [0.29, 0.717) is 28.0 Å². The fraction of sp³-hybridized carbons (Fsp3) is 0.154. The molecule has 8 heteroatoms. The third-order valence-electron chi connectivity index (χ3n) is 2.57. The van der Waals surface area contributed by atoms with Gasteiger partial charge in [0, 0.05) is 27.3 Å². The summed E-state index contributed by atoms with van der Waals surface area (Å²) < 4.78 is 1.59. The monoisotopic (exact) mass is 432 g/mol. The van der Waals surface area contributed by atoms with Gasteiger partial charge in [-0.25, -0.2) is 9.78 Å². The van der Waals surface area contributed by atoms with Crippen molar-refractivity contribution in [2.45, 2.75) is 6.42 Å². The van der Waals surface area contributed by atoms with E-state index in [9.17, 15) is 9.59 Å². The highest BCUT2D eigenvalue weighted by atomic mass is 79.9. The van der Waals surface area contributed by atoms with Gasteiger partial charge in [0.05, 0.1) is 10.6 Å². The molecule has 0 aliphatic carbocycles. The minimum atomic E-state index is -1.04. The van der Waals surface area contributed by atoms with Gasteiger partial charge in [-0.3, -0.25) is 4.79 Å². The zero-order valence-corrected chi connectivity index (χ0v) is 14.6. The van der Waals surface area contributed by atoms with Gasteiger partial charge in [0.2, 0.25) is 0 Å². The van der Waals surface area contributed by atoms with Crippen LogP contribution in [0, 0.1) is 0 Å². The summed E-state index contributed by atoms with van der Waals surface area (Å²) in [6.07, 6.45) is 0.498. The molecule has 1 aromatic carbocycles. The topological polar surface area (TPSA) is 79.3 Å². The summed E-state index contributed by atoms with van der Waals surface area (Å²) in [5.41, 5.74) is 0.584. The summed E-state index contributed by atoms with van der Waals surface area (Å²) in [5, 5.41) is 13.7. The third kappa shape index (κ3) is 4.36. The van der Waals surface area contributed by atoms with Crippen molar-refractivity contribution in [1.29, 1.82) is 0 Å². The first kappa shape index (κ1) is 16.1. The zero-order valence-electron chi connectivity index (χ0n) is 10.6. The second-order valence-electron chi connectivity index (χ2n) is 4.06. The number of hydrogen-bond acceptors (Lipinski definition) is 4. The van der Waals surface area contributed by atoms with Crippen molar-refractivity contribution in [3.63, 3.8) is 0 Å². The summed E-state index contributed by atoms with van der Waals surface area (Å²) in [7, 11) is 0. The maximum absolute atomic E-state index is 12.0. The van der Waals surface area contributed by atoms with E-state index < -0.39 is 5.97 Å². The van der Waals surface area contributed by atoms with Crippen LogP contribution in [0.4, 0.5) is 0 Å². The summed E-state index contributed by atoms with van der Waals surface area (Å²) in [5.74, 6) is -1.23. The average molecular weight is 434 g/mol. The Morgan fingerprint density at radius 1 is 1.33 bits per heavy atom. The van der Waals surface area contributed by atoms with Crippen LogP contribution in [0.15, 0.2) is 32.5 Å². The van der Waals surface area contributed by atoms with Crippen LogP contribution in [0.5, 0.6) is 0 Å². The first-order valence-corrected chi connectivity index (χ1v) is 8.35. The van der Waals surface area contributed by atoms with Crippen molar-refractivity contribution in [2.24, 2.45) is 0 Å². The number of amides is 1. The fourth-order valence-electron chi connectivity index (χ4n) is 1.58. The van der Waals surface area contributed by atoms with E-state index in [-0.39, 0.29) is 11.6 Å². The molecule has 2 rings (SSSR count). The van der Waals surface area contributed by atoms with Crippen LogP contribution in [0.25, 0.3) is 0 Å². The molecule has 0 saturated heterocycles. The van der Waals surface area contributed by atoms with Crippen LogP contribution in [0.1, 0.15) is 25.9 Å². The number of rotatable bonds is 5. The first-order valence-electron chi connectivity index (χ1n) is 5.88. The Hall–Kier alpha value is -1.25. The number of carboxylic acids is 1. The molecule has 1 aromatic heterocycles. The Morgan fingerprint density at radius 2 is 2.10 bits per heavy atom. The zero-order chi connectivity index (χ0) is 15.4. The molecule has 0 aliphatic heterocycles. The van der Waals surface area contributed by atoms with E-state index in [0.717, 1.165) is 4.47 Å². The Bertz CT molecular complexity index is 688. The van der Waals surface area contributed by atoms with E-state index in [1.165, 1.54) is 16.7 Å². The molecule has 1 heterocycles. The van der Waals surface area contributed by atoms with Crippen LogP contribution in [-0.2, 0) is 6.42 Å². The number of halogens is 2. The number of thiazole rings is 1. The average Bonchev–Trinajstić information content (AvgIpc) is 2.87. The molecule has 0 saturated carbocycles. The van der Waals surface area contributed by atoms with E-state index in [1.54, 1.807) is 18.2 Å². The third-order valence-corrected chi connectivity index (χ3v) is 4.63. The van der Waals surface area contributed by atoms with Crippen molar-refractivity contribution in [2.75, 3.05) is 6.54 Å². The normalized spacial score (nSPS) is 10.4. The lowest BCUT2D eigenvalue weighted by atomic mass is 10.2. The highest BCUT2D eigenvalue weighted by Gasteiger charge is 2.11. The molecular weight excluding hydrogens is 424 g/mol. The highest BCUT2D eigenvalue weighted by Crippen LogP contribution is 2.21. The highest BCUT2D eigenvalue weighted by molar-refractivity contribution is 9.11. The van der Waals surface area contributed by atoms with Gasteiger partial charge >= 0.3 is 5.97 Å². The molecule has 2 N–H and O–H groups in total. The predicted octanol–water partition coefficient (Wildman–Crippen LogP) is 3.34. The minimum Gasteiger partial charge on any atom is -0.476 e. The molecule has 0 fully saturated rings. The molecule has 0 spiro atoms. The molecule has 5 nitrogen and oxygen atoms in total. The predicted molar refractivity (Wildman–Crippen MR) is 87.0 cm³/mol. The van der Waals surface area contributed by atoms with Crippen molar-refractivity contribution in [3.05, 3.63) is 48.8 Å². The molecule has 2 aromatic rings. The number of aromatic nitrogens is 1. The molecule has 0 radical (unpaired) electrons. The van der Waals surface area contributed by atoms with Crippen molar-refractivity contribution in [3.8, 4) is 0 Å². The maximum atomic E-state index is 12.0. The number of carbonyl (C=O) groups is 2. The molecule has 0 bridgehead atoms. The molecule has 110 valence electrons. The van der Waals surface area contributed by atoms with E-state index in [4.69, 9.17) is 5.11 Å². The second-order valence-corrected chi connectivity index (χ2v) is 6.77. The number of hydrogen-bond donors (Lipinski definition) is 2. The Balaban J connectivity index is 1.90. The summed E-state index contributed by atoms with van der Waals surface area (Å²) >= 11 is 7.94. The smallest absolute Gasteiger partial charge is 0.355 e. The Labute approximate surface area is 141 Å². The lowest BCUT2D eigenvalue weighted by Crippen LogP contribution is -2.26. The van der Waals surface area contributed by atoms with Crippen LogP contribution < -0.4 is 5.32 Å². The van der Waals surface area contributed by atoms with Gasteiger partial charge in [0.1, 0.15) is 0 Å². The maximum Gasteiger partial charge on any atom is 0.355 e. The minimum absolute atomic E-state index is 0.0389. The molecular formula is C13H10Br2N2O3S. The van der Waals surface area contributed by atoms with Gasteiger partial charge in [-0.05, 0) is 34.1 Å². The first-order chi connectivity index (χ1) is 9.97. The SMILES string of the molecule is O=C(O)c1csc(CCNC(=O)c2ccc(Br)cc2Br)n1. The van der Waals surface area contributed by atoms with Crippen molar-refractivity contribution >= 4 is 55.1 Å². The number of carboxylic acid groups (broad SMARTS) is 1. The molecule has 21 heavy (non-hydrogen) atoms. The Morgan fingerprint density at radius 3 is 2.71 bits per heavy atom. The van der Waals surface area contributed by atoms with Gasteiger partial charge < -0.3 is 10.4 Å². The molecule has 0 unspecified atom stereocenters. The molecule has 1 amide bonds. The van der Waals surface area contributed by atoms with Gasteiger partial charge in [0.15, 0.2) is 5.69 Å². The number of aromatic carboxylic acids is 1. The van der Waals surface area contributed by atoms with Crippen LogP contribution in [0.3, 0.4) is 0 Å². The molecule has 0 aliphatic rings. The van der Waals surface area contributed by atoms with Crippen LogP contribution in [-0.4, -0.2) is 28.5 Å². The van der Waals surface area contributed by atoms with Crippen LogP contribution >= 0.6 is 43.2 Å². The van der Waals surface area contributed by atoms with Gasteiger partial charge in [-0.2, -0.15) is 0 Å². The van der Waals surface area contributed by atoms with E-state index in [2.05, 4.69) is 42.2 Å². The fourth-order valence-corrected chi connectivity index (χ4v) is 3.58. The van der Waals surface area contributed by atoms with Gasteiger partial charge in [-0.15, -0.1) is 11.3 Å². The standard InChI is InChI=1S/C13H10Br2N2O3S/c14-7-1-2-8(9(15)5-7)12(18)16-4-3-11-17-10(6-21-11)13(19)20/h1-2,5-6H,3-4H2,(H,16,18)(H,19,20). The number of nitrogens with zero attached hydrogens (tertiary/aromatic N) is 1. The largest absolute Gasteiger partial charge is 0.476 e. The number of benzene rings is 1. The lowest BCUT2D eigenvalue weighted by Gasteiger charge is -2.06. The number of carbonyl (C=O) groups excluding carboxylic acids is 1. The molecule has 0 atom stereocenters. The number of nitrogens with one attached hydrogen (secondary N) is 1. The second kappa shape index (κ2) is 7.15. The van der Waals surface area contributed by atoms with E-state index >= 15 is 0 Å². The van der Waals surface area contributed by atoms with Crippen LogP contribution in [0.2, 0.25) is 0 Å². The lowest BCUT2D eigenvalue weighted by molar-refractivity contribution is 0.0690. The Kier molecular flexibility index (Phi) is 5.49. The van der Waals surface area contributed by atoms with Gasteiger partial charge in [0.25, 0.3) is 5.91 Å². The summed E-state index contributed by atoms with van der Waals surface area (Å²) in [6, 6.07) is 5.31.